The first kappa shape index (κ1) is 28.5. The molecule has 0 amide bonds. The molecule has 21 heavy (non-hydrogen) atoms. The molecule has 0 aliphatic heterocycles. The second kappa shape index (κ2) is 15.8. The van der Waals surface area contributed by atoms with E-state index in [1.165, 1.54) is 0 Å². The van der Waals surface area contributed by atoms with E-state index in [0.717, 1.165) is 5.69 Å². The summed E-state index contributed by atoms with van der Waals surface area (Å²) in [5.74, 6) is 0.547. The van der Waals surface area contributed by atoms with Crippen LogP contribution in [0.25, 0.3) is 0 Å². The van der Waals surface area contributed by atoms with Crippen molar-refractivity contribution in [3.63, 3.8) is 0 Å². The fourth-order valence-corrected chi connectivity index (χ4v) is 1.21. The molecule has 2 aromatic rings. The molecule has 2 heterocycles. The molecule has 0 unspecified atom stereocenters. The van der Waals surface area contributed by atoms with Gasteiger partial charge < -0.3 is 0 Å². The number of pyridine rings is 1. The maximum Gasteiger partial charge on any atom is 0.0693 e. The molecule has 0 spiro atoms. The summed E-state index contributed by atoms with van der Waals surface area (Å²) >= 11 is 0. The summed E-state index contributed by atoms with van der Waals surface area (Å²) < 4.78 is 1.81. The number of hydrogen-bond donors (Lipinski definition) is 0. The third kappa shape index (κ3) is 11.7. The predicted octanol–water partition coefficient (Wildman–Crippen LogP) is 4.97. The molecule has 0 atom stereocenters. The van der Waals surface area contributed by atoms with Crippen molar-refractivity contribution < 1.29 is 32.7 Å². The Morgan fingerprint density at radius 1 is 0.952 bits per heavy atom. The van der Waals surface area contributed by atoms with Crippen LogP contribution in [0.5, 0.6) is 0 Å². The van der Waals surface area contributed by atoms with Crippen molar-refractivity contribution in [2.24, 2.45) is 0 Å². The van der Waals surface area contributed by atoms with E-state index in [2.05, 4.69) is 43.0 Å². The van der Waals surface area contributed by atoms with Gasteiger partial charge in [0.25, 0.3) is 0 Å². The molecule has 0 N–H and O–H groups in total. The standard InChI is InChI=1S/C8H11N.C5H9N3.3CH4.Y/c1-7(2)8-5-3-4-6-9-8;1-5(2)8-4-3-6-7-8;;;;/h3-7H,1-2H3;3-5H,1-2H3;3*1H4;. The van der Waals surface area contributed by atoms with Gasteiger partial charge in [-0.3, -0.25) is 9.67 Å². The van der Waals surface area contributed by atoms with E-state index in [9.17, 15) is 0 Å². The largest absolute Gasteiger partial charge is 0.261 e. The second-order valence-electron chi connectivity index (χ2n) is 4.39. The van der Waals surface area contributed by atoms with Crippen LogP contribution in [-0.4, -0.2) is 20.0 Å². The molecule has 0 aliphatic carbocycles. The third-order valence-corrected chi connectivity index (χ3v) is 2.25. The summed E-state index contributed by atoms with van der Waals surface area (Å²) in [4.78, 5) is 4.18. The molecule has 119 valence electrons. The van der Waals surface area contributed by atoms with Crippen molar-refractivity contribution in [2.75, 3.05) is 0 Å². The Hall–Kier alpha value is -0.606. The van der Waals surface area contributed by atoms with Crippen LogP contribution in [0.3, 0.4) is 0 Å². The van der Waals surface area contributed by atoms with Gasteiger partial charge in [-0.15, -0.1) is 5.10 Å². The van der Waals surface area contributed by atoms with Gasteiger partial charge in [0.05, 0.1) is 6.20 Å². The van der Waals surface area contributed by atoms with Crippen molar-refractivity contribution in [1.29, 1.82) is 0 Å². The smallest absolute Gasteiger partial charge is 0.0693 e. The van der Waals surface area contributed by atoms with E-state index in [-0.39, 0.29) is 55.0 Å². The summed E-state index contributed by atoms with van der Waals surface area (Å²) in [6, 6.07) is 6.43. The zero-order valence-corrected chi connectivity index (χ0v) is 14.3. The van der Waals surface area contributed by atoms with Crippen molar-refractivity contribution in [1.82, 2.24) is 20.0 Å². The molecule has 0 bridgehead atoms. The van der Waals surface area contributed by atoms with Gasteiger partial charge in [0.2, 0.25) is 0 Å². The van der Waals surface area contributed by atoms with E-state index in [1.54, 1.807) is 10.9 Å². The van der Waals surface area contributed by atoms with E-state index in [1.807, 2.05) is 30.6 Å². The van der Waals surface area contributed by atoms with Gasteiger partial charge >= 0.3 is 0 Å². The number of hydrogen-bond acceptors (Lipinski definition) is 3. The first-order valence-electron chi connectivity index (χ1n) is 5.88. The number of rotatable bonds is 2. The first-order chi connectivity index (χ1) is 8.11. The Morgan fingerprint density at radius 3 is 1.81 bits per heavy atom. The molecule has 2 aromatic heterocycles. The van der Waals surface area contributed by atoms with Gasteiger partial charge in [-0.25, -0.2) is 0 Å². The minimum absolute atomic E-state index is 0. The zero-order chi connectivity index (χ0) is 12.7. The van der Waals surface area contributed by atoms with Crippen LogP contribution >= 0.6 is 0 Å². The van der Waals surface area contributed by atoms with Gasteiger partial charge in [0.1, 0.15) is 0 Å². The molecule has 0 fully saturated rings. The maximum absolute atomic E-state index is 4.18. The Bertz CT molecular complexity index is 399. The van der Waals surface area contributed by atoms with Crippen molar-refractivity contribution in [2.45, 2.75) is 61.9 Å². The maximum atomic E-state index is 4.18. The molecular formula is C16H32N4Y. The third-order valence-electron chi connectivity index (χ3n) is 2.25. The summed E-state index contributed by atoms with van der Waals surface area (Å²) in [5, 5.41) is 7.44. The fraction of sp³-hybridized carbons (Fsp3) is 0.562. The van der Waals surface area contributed by atoms with E-state index >= 15 is 0 Å². The topological polar surface area (TPSA) is 43.6 Å². The van der Waals surface area contributed by atoms with Crippen LogP contribution in [0.4, 0.5) is 0 Å². The van der Waals surface area contributed by atoms with Gasteiger partial charge in [0.15, 0.2) is 0 Å². The monoisotopic (exact) mass is 369 g/mol. The van der Waals surface area contributed by atoms with Crippen molar-refractivity contribution in [3.8, 4) is 0 Å². The van der Waals surface area contributed by atoms with Crippen LogP contribution in [-0.2, 0) is 32.7 Å². The summed E-state index contributed by atoms with van der Waals surface area (Å²) in [6.45, 7) is 8.41. The fourth-order valence-electron chi connectivity index (χ4n) is 1.21. The van der Waals surface area contributed by atoms with E-state index in [0.29, 0.717) is 12.0 Å². The van der Waals surface area contributed by atoms with Crippen LogP contribution < -0.4 is 0 Å². The van der Waals surface area contributed by atoms with Gasteiger partial charge in [-0.05, 0) is 31.9 Å². The van der Waals surface area contributed by atoms with Crippen molar-refractivity contribution >= 4 is 0 Å². The van der Waals surface area contributed by atoms with Gasteiger partial charge in [-0.1, -0.05) is 47.4 Å². The minimum Gasteiger partial charge on any atom is -0.261 e. The Morgan fingerprint density at radius 2 is 1.57 bits per heavy atom. The molecular weight excluding hydrogens is 337 g/mol. The molecule has 0 aliphatic rings. The van der Waals surface area contributed by atoms with Crippen LogP contribution in [0, 0.1) is 0 Å². The minimum atomic E-state index is 0. The molecule has 5 heteroatoms. The van der Waals surface area contributed by atoms with Crippen LogP contribution in [0.15, 0.2) is 36.8 Å². The van der Waals surface area contributed by atoms with E-state index in [4.69, 9.17) is 0 Å². The van der Waals surface area contributed by atoms with Gasteiger partial charge in [-0.2, -0.15) is 0 Å². The Labute approximate surface area is 156 Å². The molecule has 0 aromatic carbocycles. The Balaban J connectivity index is -0.000000116. The quantitative estimate of drug-likeness (QED) is 0.751. The molecule has 1 radical (unpaired) electrons. The summed E-state index contributed by atoms with van der Waals surface area (Å²) in [6.07, 6.45) is 5.36. The van der Waals surface area contributed by atoms with E-state index < -0.39 is 0 Å². The number of nitrogens with zero attached hydrogens (tertiary/aromatic N) is 4. The average molecular weight is 369 g/mol. The molecule has 0 saturated carbocycles. The van der Waals surface area contributed by atoms with Crippen molar-refractivity contribution in [3.05, 3.63) is 42.5 Å². The molecule has 0 saturated heterocycles. The summed E-state index contributed by atoms with van der Waals surface area (Å²) in [7, 11) is 0. The SMILES string of the molecule is C.C.C.CC(C)c1ccccn1.CC(C)n1ccnn1.[Y]. The van der Waals surface area contributed by atoms with Crippen LogP contribution in [0.2, 0.25) is 0 Å². The van der Waals surface area contributed by atoms with Gasteiger partial charge in [0, 0.05) is 56.8 Å². The zero-order valence-electron chi connectivity index (χ0n) is 11.5. The Kier molecular flexibility index (Phi) is 21.4. The molecule has 2 rings (SSSR count). The predicted molar refractivity (Wildman–Crippen MR) is 88.9 cm³/mol. The first-order valence-corrected chi connectivity index (χ1v) is 5.88. The number of aromatic nitrogens is 4. The van der Waals surface area contributed by atoms with Crippen LogP contribution in [0.1, 0.15) is 67.6 Å². The molecule has 4 nitrogen and oxygen atoms in total. The average Bonchev–Trinajstić information content (AvgIpc) is 2.84. The summed E-state index contributed by atoms with van der Waals surface area (Å²) in [5.41, 5.74) is 1.16. The second-order valence-corrected chi connectivity index (χ2v) is 4.39. The normalized spacial score (nSPS) is 8.29.